The fourth-order valence-corrected chi connectivity index (χ4v) is 4.87. The van der Waals surface area contributed by atoms with E-state index >= 15 is 0 Å². The Bertz CT molecular complexity index is 1070. The zero-order valence-corrected chi connectivity index (χ0v) is 17.1. The third-order valence-electron chi connectivity index (χ3n) is 6.51. The van der Waals surface area contributed by atoms with Crippen LogP contribution in [0.2, 0.25) is 0 Å². The number of nitrogens with two attached hydrogens (primary N) is 1. The Morgan fingerprint density at radius 2 is 1.97 bits per heavy atom. The van der Waals surface area contributed by atoms with E-state index in [4.69, 9.17) is 31.6 Å². The molecule has 2 spiro atoms. The highest BCUT2D eigenvalue weighted by Gasteiger charge is 2.66. The number of methoxy groups -OCH3 is 1. The molecular formula is C23H24N4O3. The highest BCUT2D eigenvalue weighted by molar-refractivity contribution is 5.80. The van der Waals surface area contributed by atoms with E-state index in [1.165, 1.54) is 5.06 Å². The van der Waals surface area contributed by atoms with E-state index in [1.807, 2.05) is 30.3 Å². The molecule has 30 heavy (non-hydrogen) atoms. The highest BCUT2D eigenvalue weighted by atomic mass is 16.7. The van der Waals surface area contributed by atoms with Crippen LogP contribution in [0.5, 0.6) is 5.75 Å². The number of ether oxygens (including phenoxy) is 2. The van der Waals surface area contributed by atoms with Crippen LogP contribution in [-0.4, -0.2) is 36.9 Å². The van der Waals surface area contributed by atoms with Gasteiger partial charge in [0, 0.05) is 14.2 Å². The van der Waals surface area contributed by atoms with Crippen molar-refractivity contribution in [3.05, 3.63) is 59.4 Å². The summed E-state index contributed by atoms with van der Waals surface area (Å²) in [6.07, 6.45) is 3.47. The van der Waals surface area contributed by atoms with Crippen molar-refractivity contribution in [1.29, 1.82) is 0 Å². The number of hydrogen-bond acceptors (Lipinski definition) is 6. The molecule has 7 heteroatoms. The van der Waals surface area contributed by atoms with Crippen molar-refractivity contribution < 1.29 is 14.3 Å². The first-order valence-corrected chi connectivity index (χ1v) is 10.1. The minimum Gasteiger partial charge on any atom is -0.481 e. The summed E-state index contributed by atoms with van der Waals surface area (Å²) in [4.78, 5) is 14.7. The van der Waals surface area contributed by atoms with E-state index < -0.39 is 11.3 Å². The number of fused-ring (bicyclic) bond motifs is 3. The van der Waals surface area contributed by atoms with E-state index in [1.54, 1.807) is 20.2 Å². The Morgan fingerprint density at radius 1 is 1.20 bits per heavy atom. The van der Waals surface area contributed by atoms with Crippen molar-refractivity contribution in [3.63, 3.8) is 0 Å². The fraction of sp³-hybridized carbons (Fsp3) is 0.391. The lowest BCUT2D eigenvalue weighted by Gasteiger charge is -2.43. The summed E-state index contributed by atoms with van der Waals surface area (Å²) < 4.78 is 12.2. The summed E-state index contributed by atoms with van der Waals surface area (Å²) in [6, 6.07) is 13.6. The van der Waals surface area contributed by atoms with Gasteiger partial charge in [0.1, 0.15) is 5.75 Å². The van der Waals surface area contributed by atoms with Gasteiger partial charge in [-0.15, -0.1) is 0 Å². The molecule has 1 aliphatic carbocycles. The second-order valence-electron chi connectivity index (χ2n) is 8.11. The third kappa shape index (κ3) is 2.61. The summed E-state index contributed by atoms with van der Waals surface area (Å²) in [7, 11) is 3.52. The van der Waals surface area contributed by atoms with Crippen LogP contribution in [0, 0.1) is 6.57 Å². The first-order chi connectivity index (χ1) is 14.5. The number of hydroxylamine groups is 2. The van der Waals surface area contributed by atoms with E-state index in [-0.39, 0.29) is 6.10 Å². The number of benzene rings is 2. The summed E-state index contributed by atoms with van der Waals surface area (Å²) in [5.41, 5.74) is 7.93. The Morgan fingerprint density at radius 3 is 2.63 bits per heavy atom. The van der Waals surface area contributed by atoms with Crippen LogP contribution in [0.1, 0.15) is 31.2 Å². The first kappa shape index (κ1) is 18.9. The average Bonchev–Trinajstić information content (AvgIpc) is 3.22. The maximum absolute atomic E-state index is 7.30. The van der Waals surface area contributed by atoms with Crippen molar-refractivity contribution in [2.75, 3.05) is 14.2 Å². The Balaban J connectivity index is 1.62. The minimum atomic E-state index is -1.02. The molecule has 0 radical (unpaired) electrons. The van der Waals surface area contributed by atoms with Gasteiger partial charge in [0.15, 0.2) is 11.3 Å². The van der Waals surface area contributed by atoms with Crippen molar-refractivity contribution in [1.82, 2.24) is 5.06 Å². The minimum absolute atomic E-state index is 0.215. The van der Waals surface area contributed by atoms with Crippen LogP contribution in [-0.2, 0) is 15.3 Å². The van der Waals surface area contributed by atoms with Gasteiger partial charge in [-0.3, -0.25) is 0 Å². The molecule has 2 aromatic carbocycles. The summed E-state index contributed by atoms with van der Waals surface area (Å²) in [6.45, 7) is 7.30. The predicted octanol–water partition coefficient (Wildman–Crippen LogP) is 3.97. The smallest absolute Gasteiger partial charge is 0.257 e. The number of rotatable bonds is 2. The topological polar surface area (TPSA) is 73.7 Å². The third-order valence-corrected chi connectivity index (χ3v) is 6.51. The van der Waals surface area contributed by atoms with Crippen LogP contribution in [0.25, 0.3) is 16.0 Å². The maximum Gasteiger partial charge on any atom is 0.257 e. The molecule has 2 aliphatic heterocycles. The van der Waals surface area contributed by atoms with Crippen LogP contribution in [0.3, 0.4) is 0 Å². The van der Waals surface area contributed by atoms with Gasteiger partial charge in [-0.05, 0) is 55.0 Å². The van der Waals surface area contributed by atoms with Crippen LogP contribution in [0.15, 0.2) is 47.5 Å². The van der Waals surface area contributed by atoms with Crippen molar-refractivity contribution >= 4 is 11.6 Å². The quantitative estimate of drug-likeness (QED) is 0.767. The van der Waals surface area contributed by atoms with Gasteiger partial charge in [0.2, 0.25) is 5.96 Å². The summed E-state index contributed by atoms with van der Waals surface area (Å²) in [5, 5.41) is 1.52. The average molecular weight is 404 g/mol. The molecule has 0 aromatic heterocycles. The van der Waals surface area contributed by atoms with E-state index in [0.717, 1.165) is 48.1 Å². The van der Waals surface area contributed by atoms with E-state index in [9.17, 15) is 0 Å². The molecule has 2 heterocycles. The zero-order valence-electron chi connectivity index (χ0n) is 17.1. The van der Waals surface area contributed by atoms with Gasteiger partial charge in [-0.25, -0.2) is 19.7 Å². The second-order valence-corrected chi connectivity index (χ2v) is 8.11. The molecule has 1 saturated carbocycles. The molecule has 2 N–H and O–H groups in total. The number of aliphatic imine (C=N–C) groups is 1. The Hall–Kier alpha value is -3.08. The van der Waals surface area contributed by atoms with E-state index in [0.29, 0.717) is 11.6 Å². The van der Waals surface area contributed by atoms with Gasteiger partial charge < -0.3 is 15.2 Å². The lowest BCUT2D eigenvalue weighted by molar-refractivity contribution is -0.242. The molecule has 0 amide bonds. The zero-order chi connectivity index (χ0) is 20.9. The maximum atomic E-state index is 7.30. The van der Waals surface area contributed by atoms with Gasteiger partial charge in [0.05, 0.1) is 18.2 Å². The van der Waals surface area contributed by atoms with Crippen LogP contribution >= 0.6 is 0 Å². The van der Waals surface area contributed by atoms with Gasteiger partial charge in [-0.2, -0.15) is 0 Å². The predicted molar refractivity (Wildman–Crippen MR) is 113 cm³/mol. The molecule has 154 valence electrons. The van der Waals surface area contributed by atoms with Gasteiger partial charge >= 0.3 is 0 Å². The first-order valence-electron chi connectivity index (χ1n) is 10.1. The Labute approximate surface area is 175 Å². The van der Waals surface area contributed by atoms with E-state index in [2.05, 4.69) is 10.9 Å². The number of nitrogens with zero attached hydrogens (tertiary/aromatic N) is 3. The largest absolute Gasteiger partial charge is 0.481 e. The van der Waals surface area contributed by atoms with Crippen molar-refractivity contribution in [3.8, 4) is 16.9 Å². The molecule has 0 saturated heterocycles. The molecular weight excluding hydrogens is 380 g/mol. The molecule has 1 fully saturated rings. The lowest BCUT2D eigenvalue weighted by Crippen LogP contribution is -2.54. The number of guanidine groups is 1. The van der Waals surface area contributed by atoms with Crippen molar-refractivity contribution in [2.24, 2.45) is 10.7 Å². The summed E-state index contributed by atoms with van der Waals surface area (Å²) in [5.74, 6) is 1.10. The summed E-state index contributed by atoms with van der Waals surface area (Å²) >= 11 is 0. The second kappa shape index (κ2) is 6.73. The Kier molecular flexibility index (Phi) is 4.24. The van der Waals surface area contributed by atoms with Crippen molar-refractivity contribution in [2.45, 2.75) is 43.1 Å². The molecule has 2 aromatic rings. The molecule has 0 bridgehead atoms. The monoisotopic (exact) mass is 404 g/mol. The van der Waals surface area contributed by atoms with Crippen LogP contribution < -0.4 is 10.5 Å². The normalized spacial score (nSPS) is 29.6. The van der Waals surface area contributed by atoms with Gasteiger partial charge in [-0.1, -0.05) is 24.3 Å². The molecule has 1 atom stereocenters. The molecule has 3 aliphatic rings. The molecule has 7 nitrogen and oxygen atoms in total. The lowest BCUT2D eigenvalue weighted by atomic mass is 9.74. The van der Waals surface area contributed by atoms with Gasteiger partial charge in [0.25, 0.3) is 5.72 Å². The van der Waals surface area contributed by atoms with Crippen LogP contribution in [0.4, 0.5) is 5.69 Å². The number of hydrogen-bond donors (Lipinski definition) is 1. The standard InChI is InChI=1S/C23H24N4O3/c1-25-17-6-4-5-15(13-17)16-7-8-20-19(14-16)23(26-21(24)27(2)30-23)22(29-20)11-9-18(28-3)10-12-22/h4-8,13-14,18H,9-12H2,2-3H3,(H2,24,26). The SMILES string of the molecule is [C-]#[N+]c1cccc(-c2ccc3c(c2)C2(N=C(N)N(C)O2)C2(CCC(OC)CC2)O3)c1. The molecule has 1 unspecified atom stereocenters. The fourth-order valence-electron chi connectivity index (χ4n) is 4.87. The highest BCUT2D eigenvalue weighted by Crippen LogP contribution is 2.59. The molecule has 5 rings (SSSR count).